The number of amides is 1. The molecule has 0 saturated carbocycles. The molecule has 1 atom stereocenters. The molecule has 0 radical (unpaired) electrons. The lowest BCUT2D eigenvalue weighted by molar-refractivity contribution is -0.126. The zero-order valence-electron chi connectivity index (χ0n) is 12.7. The zero-order valence-corrected chi connectivity index (χ0v) is 12.7. The third-order valence-corrected chi connectivity index (χ3v) is 3.23. The summed E-state index contributed by atoms with van der Waals surface area (Å²) < 4.78 is 0. The van der Waals surface area contributed by atoms with Gasteiger partial charge in [0.1, 0.15) is 0 Å². The van der Waals surface area contributed by atoms with E-state index in [1.54, 1.807) is 0 Å². The number of hydrogen-bond donors (Lipinski definition) is 2. The summed E-state index contributed by atoms with van der Waals surface area (Å²) in [6.45, 7) is 7.91. The minimum atomic E-state index is -0.249. The van der Waals surface area contributed by atoms with Gasteiger partial charge >= 0.3 is 0 Å². The van der Waals surface area contributed by atoms with Crippen LogP contribution in [0.5, 0.6) is 0 Å². The first kappa shape index (κ1) is 16.7. The predicted octanol–water partition coefficient (Wildman–Crippen LogP) is 1.64. The van der Waals surface area contributed by atoms with Gasteiger partial charge in [0.05, 0.1) is 12.6 Å². The van der Waals surface area contributed by atoms with Crippen LogP contribution in [0.15, 0.2) is 30.3 Å². The van der Waals surface area contributed by atoms with Gasteiger partial charge in [0.25, 0.3) is 0 Å². The number of rotatable bonds is 8. The number of aliphatic hydroxyl groups excluding tert-OH is 1. The Kier molecular flexibility index (Phi) is 7.26. The maximum absolute atomic E-state index is 12.1. The standard InChI is InChI=1S/C16H26N2O2/c1-13(2)11-17-16(20)14(3)18(9-10-19)12-15-7-5-4-6-8-15/h4-8,13-14,19H,9-12H2,1-3H3,(H,17,20). The van der Waals surface area contributed by atoms with Gasteiger partial charge in [0, 0.05) is 19.6 Å². The van der Waals surface area contributed by atoms with E-state index >= 15 is 0 Å². The molecule has 112 valence electrons. The van der Waals surface area contributed by atoms with Crippen molar-refractivity contribution in [2.45, 2.75) is 33.4 Å². The van der Waals surface area contributed by atoms with E-state index in [1.165, 1.54) is 0 Å². The number of aliphatic hydroxyl groups is 1. The van der Waals surface area contributed by atoms with E-state index in [-0.39, 0.29) is 18.6 Å². The van der Waals surface area contributed by atoms with Crippen molar-refractivity contribution < 1.29 is 9.90 Å². The molecule has 0 spiro atoms. The molecule has 0 bridgehead atoms. The Labute approximate surface area is 121 Å². The molecule has 0 aromatic heterocycles. The molecular weight excluding hydrogens is 252 g/mol. The Balaban J connectivity index is 2.62. The highest BCUT2D eigenvalue weighted by Crippen LogP contribution is 2.08. The minimum absolute atomic E-state index is 0.0167. The van der Waals surface area contributed by atoms with Crippen LogP contribution in [-0.4, -0.2) is 41.7 Å². The highest BCUT2D eigenvalue weighted by atomic mass is 16.3. The molecule has 20 heavy (non-hydrogen) atoms. The summed E-state index contributed by atoms with van der Waals surface area (Å²) >= 11 is 0. The second-order valence-corrected chi connectivity index (χ2v) is 5.49. The summed E-state index contributed by atoms with van der Waals surface area (Å²) in [6, 6.07) is 9.75. The van der Waals surface area contributed by atoms with Gasteiger partial charge in [-0.1, -0.05) is 44.2 Å². The zero-order chi connectivity index (χ0) is 15.0. The number of nitrogens with one attached hydrogen (secondary N) is 1. The molecule has 1 aromatic rings. The fourth-order valence-electron chi connectivity index (χ4n) is 1.97. The van der Waals surface area contributed by atoms with Crippen molar-refractivity contribution in [3.05, 3.63) is 35.9 Å². The van der Waals surface area contributed by atoms with Gasteiger partial charge in [-0.15, -0.1) is 0 Å². The van der Waals surface area contributed by atoms with E-state index in [0.29, 0.717) is 25.6 Å². The van der Waals surface area contributed by atoms with Gasteiger partial charge < -0.3 is 10.4 Å². The van der Waals surface area contributed by atoms with Crippen LogP contribution < -0.4 is 5.32 Å². The van der Waals surface area contributed by atoms with Crippen LogP contribution in [0.4, 0.5) is 0 Å². The normalized spacial score (nSPS) is 12.7. The van der Waals surface area contributed by atoms with Crippen LogP contribution in [0.1, 0.15) is 26.3 Å². The third-order valence-electron chi connectivity index (χ3n) is 3.23. The molecule has 0 fully saturated rings. The lowest BCUT2D eigenvalue weighted by Gasteiger charge is -2.28. The summed E-state index contributed by atoms with van der Waals surface area (Å²) in [5, 5.41) is 12.1. The minimum Gasteiger partial charge on any atom is -0.395 e. The molecule has 1 aromatic carbocycles. The summed E-state index contributed by atoms with van der Waals surface area (Å²) in [6.07, 6.45) is 0. The fraction of sp³-hybridized carbons (Fsp3) is 0.562. The fourth-order valence-corrected chi connectivity index (χ4v) is 1.97. The van der Waals surface area contributed by atoms with Gasteiger partial charge in [-0.05, 0) is 18.4 Å². The van der Waals surface area contributed by atoms with Crippen LogP contribution in [0, 0.1) is 5.92 Å². The number of benzene rings is 1. The van der Waals surface area contributed by atoms with E-state index in [0.717, 1.165) is 5.56 Å². The van der Waals surface area contributed by atoms with E-state index in [2.05, 4.69) is 19.2 Å². The Bertz CT molecular complexity index is 393. The molecule has 1 amide bonds. The summed E-state index contributed by atoms with van der Waals surface area (Å²) in [7, 11) is 0. The topological polar surface area (TPSA) is 52.6 Å². The van der Waals surface area contributed by atoms with Gasteiger partial charge in [0.2, 0.25) is 5.91 Å². The monoisotopic (exact) mass is 278 g/mol. The molecule has 0 aliphatic carbocycles. The van der Waals surface area contributed by atoms with E-state index < -0.39 is 0 Å². The largest absolute Gasteiger partial charge is 0.395 e. The molecule has 2 N–H and O–H groups in total. The second-order valence-electron chi connectivity index (χ2n) is 5.49. The van der Waals surface area contributed by atoms with Crippen molar-refractivity contribution in [2.24, 2.45) is 5.92 Å². The van der Waals surface area contributed by atoms with Crippen molar-refractivity contribution >= 4 is 5.91 Å². The number of carbonyl (C=O) groups excluding carboxylic acids is 1. The van der Waals surface area contributed by atoms with Crippen molar-refractivity contribution in [1.82, 2.24) is 10.2 Å². The molecule has 1 rings (SSSR count). The van der Waals surface area contributed by atoms with Crippen LogP contribution in [0.25, 0.3) is 0 Å². The Morgan fingerprint density at radius 2 is 1.90 bits per heavy atom. The highest BCUT2D eigenvalue weighted by molar-refractivity contribution is 5.81. The van der Waals surface area contributed by atoms with Crippen molar-refractivity contribution in [3.8, 4) is 0 Å². The molecule has 0 saturated heterocycles. The van der Waals surface area contributed by atoms with Crippen LogP contribution in [0.2, 0.25) is 0 Å². The molecule has 4 heteroatoms. The number of nitrogens with zero attached hydrogens (tertiary/aromatic N) is 1. The number of hydrogen-bond acceptors (Lipinski definition) is 3. The Hall–Kier alpha value is -1.39. The highest BCUT2D eigenvalue weighted by Gasteiger charge is 2.20. The second kappa shape index (κ2) is 8.72. The Morgan fingerprint density at radius 1 is 1.25 bits per heavy atom. The molecule has 1 unspecified atom stereocenters. The summed E-state index contributed by atoms with van der Waals surface area (Å²) in [5.41, 5.74) is 1.14. The molecule has 0 aliphatic heterocycles. The summed E-state index contributed by atoms with van der Waals surface area (Å²) in [4.78, 5) is 14.1. The van der Waals surface area contributed by atoms with Crippen molar-refractivity contribution in [1.29, 1.82) is 0 Å². The SMILES string of the molecule is CC(C)CNC(=O)C(C)N(CCO)Cc1ccccc1. The van der Waals surface area contributed by atoms with E-state index in [1.807, 2.05) is 42.2 Å². The van der Waals surface area contributed by atoms with Gasteiger partial charge in [0.15, 0.2) is 0 Å². The quantitative estimate of drug-likeness (QED) is 0.760. The first-order chi connectivity index (χ1) is 9.54. The van der Waals surface area contributed by atoms with E-state index in [9.17, 15) is 9.90 Å². The van der Waals surface area contributed by atoms with Gasteiger partial charge in [-0.2, -0.15) is 0 Å². The lowest BCUT2D eigenvalue weighted by atomic mass is 10.1. The van der Waals surface area contributed by atoms with Crippen molar-refractivity contribution in [3.63, 3.8) is 0 Å². The number of carbonyl (C=O) groups is 1. The lowest BCUT2D eigenvalue weighted by Crippen LogP contribution is -2.46. The first-order valence-electron chi connectivity index (χ1n) is 7.21. The maximum Gasteiger partial charge on any atom is 0.237 e. The molecule has 0 aliphatic rings. The first-order valence-corrected chi connectivity index (χ1v) is 7.21. The molecular formula is C16H26N2O2. The van der Waals surface area contributed by atoms with Crippen LogP contribution >= 0.6 is 0 Å². The average molecular weight is 278 g/mol. The molecule has 4 nitrogen and oxygen atoms in total. The Morgan fingerprint density at radius 3 is 2.45 bits per heavy atom. The third kappa shape index (κ3) is 5.72. The maximum atomic E-state index is 12.1. The van der Waals surface area contributed by atoms with E-state index in [4.69, 9.17) is 0 Å². The molecule has 0 heterocycles. The van der Waals surface area contributed by atoms with Crippen molar-refractivity contribution in [2.75, 3.05) is 19.7 Å². The predicted molar refractivity (Wildman–Crippen MR) is 81.2 cm³/mol. The average Bonchev–Trinajstić information content (AvgIpc) is 2.44. The van der Waals surface area contributed by atoms with Crippen LogP contribution in [-0.2, 0) is 11.3 Å². The smallest absolute Gasteiger partial charge is 0.237 e. The summed E-state index contributed by atoms with van der Waals surface area (Å²) in [5.74, 6) is 0.453. The van der Waals surface area contributed by atoms with Gasteiger partial charge in [-0.3, -0.25) is 9.69 Å². The van der Waals surface area contributed by atoms with Crippen LogP contribution in [0.3, 0.4) is 0 Å². The van der Waals surface area contributed by atoms with Gasteiger partial charge in [-0.25, -0.2) is 0 Å².